The fourth-order valence-corrected chi connectivity index (χ4v) is 3.12. The predicted octanol–water partition coefficient (Wildman–Crippen LogP) is 0.530. The van der Waals surface area contributed by atoms with Crippen molar-refractivity contribution < 1.29 is 17.6 Å². The molecule has 1 aromatic carbocycles. The maximum atomic E-state index is 12.0. The normalized spacial score (nSPS) is 20.0. The summed E-state index contributed by atoms with van der Waals surface area (Å²) in [5.41, 5.74) is 1.66. The summed E-state index contributed by atoms with van der Waals surface area (Å²) in [7, 11) is -3.73. The van der Waals surface area contributed by atoms with Crippen LogP contribution >= 0.6 is 0 Å². The molecule has 0 radical (unpaired) electrons. The van der Waals surface area contributed by atoms with Crippen LogP contribution in [0.5, 0.6) is 0 Å². The SMILES string of the molecule is Cc1nc2c(N3CC(S(N)(=O)=O)CC3=O)cccc2o1. The van der Waals surface area contributed by atoms with Gasteiger partial charge >= 0.3 is 0 Å². The molecule has 20 heavy (non-hydrogen) atoms. The van der Waals surface area contributed by atoms with E-state index < -0.39 is 15.3 Å². The Bertz CT molecular complexity index is 796. The van der Waals surface area contributed by atoms with Crippen molar-refractivity contribution in [2.24, 2.45) is 5.14 Å². The summed E-state index contributed by atoms with van der Waals surface area (Å²) in [4.78, 5) is 17.7. The molecule has 1 aromatic heterocycles. The largest absolute Gasteiger partial charge is 0.441 e. The van der Waals surface area contributed by atoms with E-state index >= 15 is 0 Å². The molecule has 7 nitrogen and oxygen atoms in total. The molecule has 2 N–H and O–H groups in total. The van der Waals surface area contributed by atoms with Gasteiger partial charge in [0.15, 0.2) is 11.5 Å². The summed E-state index contributed by atoms with van der Waals surface area (Å²) in [6, 6.07) is 5.20. The second-order valence-corrected chi connectivity index (χ2v) is 6.62. The van der Waals surface area contributed by atoms with Crippen LogP contribution in [0.15, 0.2) is 22.6 Å². The Labute approximate surface area is 115 Å². The molecule has 3 rings (SSSR count). The average Bonchev–Trinajstić information content (AvgIpc) is 2.90. The number of para-hydroxylation sites is 1. The number of nitrogens with zero attached hydrogens (tertiary/aromatic N) is 2. The molecule has 8 heteroatoms. The highest BCUT2D eigenvalue weighted by atomic mass is 32.2. The van der Waals surface area contributed by atoms with Crippen molar-refractivity contribution in [3.8, 4) is 0 Å². The third-order valence-corrected chi connectivity index (χ3v) is 4.59. The first kappa shape index (κ1) is 13.1. The zero-order valence-electron chi connectivity index (χ0n) is 10.7. The third kappa shape index (κ3) is 2.06. The van der Waals surface area contributed by atoms with E-state index in [0.717, 1.165) is 0 Å². The zero-order valence-corrected chi connectivity index (χ0v) is 11.6. The zero-order chi connectivity index (χ0) is 14.5. The number of amides is 1. The highest BCUT2D eigenvalue weighted by molar-refractivity contribution is 7.89. The summed E-state index contributed by atoms with van der Waals surface area (Å²) >= 11 is 0. The van der Waals surface area contributed by atoms with Gasteiger partial charge in [0.25, 0.3) is 0 Å². The van der Waals surface area contributed by atoms with E-state index in [4.69, 9.17) is 9.56 Å². The molecule has 0 saturated carbocycles. The van der Waals surface area contributed by atoms with Crippen molar-refractivity contribution in [3.63, 3.8) is 0 Å². The van der Waals surface area contributed by atoms with Crippen LogP contribution in [0, 0.1) is 6.92 Å². The van der Waals surface area contributed by atoms with Gasteiger partial charge < -0.3 is 9.32 Å². The molecule has 0 spiro atoms. The lowest BCUT2D eigenvalue weighted by molar-refractivity contribution is -0.117. The van der Waals surface area contributed by atoms with Gasteiger partial charge in [-0.1, -0.05) is 6.07 Å². The number of benzene rings is 1. The lowest BCUT2D eigenvalue weighted by Gasteiger charge is -2.16. The van der Waals surface area contributed by atoms with Gasteiger partial charge in [-0.2, -0.15) is 0 Å². The Morgan fingerprint density at radius 2 is 2.20 bits per heavy atom. The minimum Gasteiger partial charge on any atom is -0.441 e. The van der Waals surface area contributed by atoms with Crippen LogP contribution in [0.3, 0.4) is 0 Å². The number of oxazole rings is 1. The summed E-state index contributed by atoms with van der Waals surface area (Å²) in [5.74, 6) is 0.208. The van der Waals surface area contributed by atoms with Gasteiger partial charge in [-0.3, -0.25) is 4.79 Å². The van der Waals surface area contributed by atoms with Crippen LogP contribution in [0.2, 0.25) is 0 Å². The fraction of sp³-hybridized carbons (Fsp3) is 0.333. The van der Waals surface area contributed by atoms with Crippen molar-refractivity contribution in [1.29, 1.82) is 0 Å². The molecular weight excluding hydrogens is 282 g/mol. The van der Waals surface area contributed by atoms with Crippen LogP contribution in [0.1, 0.15) is 12.3 Å². The maximum Gasteiger partial charge on any atom is 0.228 e. The predicted molar refractivity (Wildman–Crippen MR) is 72.6 cm³/mol. The number of rotatable bonds is 2. The van der Waals surface area contributed by atoms with Gasteiger partial charge in [0.2, 0.25) is 15.9 Å². The van der Waals surface area contributed by atoms with Gasteiger partial charge in [0.1, 0.15) is 10.8 Å². The monoisotopic (exact) mass is 295 g/mol. The summed E-state index contributed by atoms with van der Waals surface area (Å²) in [6.45, 7) is 1.76. The lowest BCUT2D eigenvalue weighted by atomic mass is 10.2. The van der Waals surface area contributed by atoms with Gasteiger partial charge in [-0.25, -0.2) is 18.5 Å². The number of carbonyl (C=O) groups is 1. The molecule has 2 heterocycles. The minimum atomic E-state index is -3.73. The number of fused-ring (bicyclic) bond motifs is 1. The van der Waals surface area contributed by atoms with Crippen LogP contribution in [0.25, 0.3) is 11.1 Å². The summed E-state index contributed by atoms with van der Waals surface area (Å²) < 4.78 is 28.2. The van der Waals surface area contributed by atoms with Gasteiger partial charge in [-0.15, -0.1) is 0 Å². The van der Waals surface area contributed by atoms with Crippen molar-refractivity contribution in [2.75, 3.05) is 11.4 Å². The maximum absolute atomic E-state index is 12.0. The second-order valence-electron chi connectivity index (χ2n) is 4.78. The number of hydrogen-bond acceptors (Lipinski definition) is 5. The topological polar surface area (TPSA) is 107 Å². The Morgan fingerprint density at radius 3 is 2.85 bits per heavy atom. The van der Waals surface area contributed by atoms with Crippen LogP contribution in [-0.4, -0.2) is 31.1 Å². The Kier molecular flexibility index (Phi) is 2.80. The number of carbonyl (C=O) groups excluding carboxylic acids is 1. The molecule has 0 aliphatic carbocycles. The van der Waals surface area contributed by atoms with E-state index in [9.17, 15) is 13.2 Å². The van der Waals surface area contributed by atoms with Crippen LogP contribution < -0.4 is 10.0 Å². The summed E-state index contributed by atoms with van der Waals surface area (Å²) in [6.07, 6.45) is -0.105. The van der Waals surface area contributed by atoms with Gasteiger partial charge in [0, 0.05) is 19.9 Å². The van der Waals surface area contributed by atoms with Gasteiger partial charge in [-0.05, 0) is 12.1 Å². The van der Waals surface area contributed by atoms with Crippen molar-refractivity contribution in [3.05, 3.63) is 24.1 Å². The van der Waals surface area contributed by atoms with Crippen LogP contribution in [0.4, 0.5) is 5.69 Å². The van der Waals surface area contributed by atoms with Crippen molar-refractivity contribution in [2.45, 2.75) is 18.6 Å². The Morgan fingerprint density at radius 1 is 1.45 bits per heavy atom. The van der Waals surface area contributed by atoms with Crippen molar-refractivity contribution in [1.82, 2.24) is 4.98 Å². The summed E-state index contributed by atoms with van der Waals surface area (Å²) in [5, 5.41) is 4.24. The first-order chi connectivity index (χ1) is 9.36. The van der Waals surface area contributed by atoms with Crippen molar-refractivity contribution >= 4 is 32.7 Å². The van der Waals surface area contributed by atoms with Crippen LogP contribution in [-0.2, 0) is 14.8 Å². The molecule has 0 bridgehead atoms. The fourth-order valence-electron chi connectivity index (χ4n) is 2.39. The minimum absolute atomic E-state index is 0.0443. The molecule has 1 unspecified atom stereocenters. The highest BCUT2D eigenvalue weighted by Crippen LogP contribution is 2.31. The number of anilines is 1. The quantitative estimate of drug-likeness (QED) is 0.869. The Hall–Kier alpha value is -1.93. The molecule has 1 aliphatic rings. The number of primary sulfonamides is 1. The van der Waals surface area contributed by atoms with E-state index in [2.05, 4.69) is 4.98 Å². The number of aromatic nitrogens is 1. The third-order valence-electron chi connectivity index (χ3n) is 3.35. The molecule has 106 valence electrons. The van der Waals surface area contributed by atoms with E-state index in [1.165, 1.54) is 4.90 Å². The average molecular weight is 295 g/mol. The molecule has 1 saturated heterocycles. The number of nitrogens with two attached hydrogens (primary N) is 1. The molecular formula is C12H13N3O4S. The second kappa shape index (κ2) is 4.29. The van der Waals surface area contributed by atoms with E-state index in [-0.39, 0.29) is 18.9 Å². The molecule has 1 atom stereocenters. The lowest BCUT2D eigenvalue weighted by Crippen LogP contribution is -2.32. The highest BCUT2D eigenvalue weighted by Gasteiger charge is 2.38. The standard InChI is InChI=1S/C12H13N3O4S/c1-7-14-12-9(3-2-4-10(12)19-7)15-6-8(5-11(15)16)20(13,17)18/h2-4,8H,5-6H2,1H3,(H2,13,17,18). The molecule has 1 aliphatic heterocycles. The van der Waals surface area contributed by atoms with Gasteiger partial charge in [0.05, 0.1) is 5.69 Å². The first-order valence-electron chi connectivity index (χ1n) is 6.04. The van der Waals surface area contributed by atoms with E-state index in [0.29, 0.717) is 22.7 Å². The van der Waals surface area contributed by atoms with E-state index in [1.54, 1.807) is 25.1 Å². The molecule has 1 amide bonds. The number of sulfonamides is 1. The first-order valence-corrected chi connectivity index (χ1v) is 7.65. The smallest absolute Gasteiger partial charge is 0.228 e. The molecule has 1 fully saturated rings. The molecule has 2 aromatic rings. The Balaban J connectivity index is 2.06. The number of hydrogen-bond donors (Lipinski definition) is 1. The number of aryl methyl sites for hydroxylation is 1. The van der Waals surface area contributed by atoms with E-state index in [1.807, 2.05) is 0 Å².